The standard InChI is InChI=1S/C16H15N3O5S3/c1-10(20)17-11-3-5-12(6-4-11)27(23,24)19-16-18-14-8-7-13(26(2,21)22)9-15(14)25-16/h3-9H,1-2H3,(H,17,20)(H,18,19). The molecule has 1 aromatic heterocycles. The molecule has 1 heterocycles. The number of benzene rings is 2. The van der Waals surface area contributed by atoms with E-state index in [-0.39, 0.29) is 20.8 Å². The van der Waals surface area contributed by atoms with Gasteiger partial charge in [0.2, 0.25) is 5.91 Å². The molecule has 0 saturated heterocycles. The summed E-state index contributed by atoms with van der Waals surface area (Å²) in [4.78, 5) is 15.3. The Morgan fingerprint density at radius 3 is 2.22 bits per heavy atom. The number of anilines is 2. The smallest absolute Gasteiger partial charge is 0.263 e. The van der Waals surface area contributed by atoms with E-state index in [1.807, 2.05) is 0 Å². The van der Waals surface area contributed by atoms with Gasteiger partial charge < -0.3 is 5.32 Å². The van der Waals surface area contributed by atoms with E-state index in [2.05, 4.69) is 15.0 Å². The molecule has 0 unspecified atom stereocenters. The van der Waals surface area contributed by atoms with E-state index in [1.165, 1.54) is 49.4 Å². The number of carbonyl (C=O) groups excluding carboxylic acids is 1. The summed E-state index contributed by atoms with van der Waals surface area (Å²) in [6, 6.07) is 10.1. The van der Waals surface area contributed by atoms with Gasteiger partial charge in [-0.1, -0.05) is 11.3 Å². The number of hydrogen-bond donors (Lipinski definition) is 2. The average molecular weight is 426 g/mol. The van der Waals surface area contributed by atoms with Crippen molar-refractivity contribution in [3.8, 4) is 0 Å². The number of nitrogens with one attached hydrogen (secondary N) is 2. The van der Waals surface area contributed by atoms with Gasteiger partial charge in [0.05, 0.1) is 20.0 Å². The molecule has 142 valence electrons. The molecule has 0 aliphatic carbocycles. The van der Waals surface area contributed by atoms with E-state index in [0.717, 1.165) is 17.6 Å². The first kappa shape index (κ1) is 19.3. The molecular weight excluding hydrogens is 410 g/mol. The van der Waals surface area contributed by atoms with Crippen molar-refractivity contribution in [2.45, 2.75) is 16.7 Å². The molecule has 0 atom stereocenters. The fourth-order valence-electron chi connectivity index (χ4n) is 2.27. The summed E-state index contributed by atoms with van der Waals surface area (Å²) >= 11 is 1.04. The van der Waals surface area contributed by atoms with Crippen molar-refractivity contribution in [2.75, 3.05) is 16.3 Å². The maximum Gasteiger partial charge on any atom is 0.263 e. The summed E-state index contributed by atoms with van der Waals surface area (Å²) < 4.78 is 51.2. The number of hydrogen-bond acceptors (Lipinski definition) is 7. The van der Waals surface area contributed by atoms with E-state index < -0.39 is 19.9 Å². The molecule has 0 radical (unpaired) electrons. The third kappa shape index (κ3) is 4.43. The molecule has 3 rings (SSSR count). The Morgan fingerprint density at radius 2 is 1.63 bits per heavy atom. The number of sulfone groups is 1. The minimum Gasteiger partial charge on any atom is -0.326 e. The molecule has 3 aromatic rings. The monoisotopic (exact) mass is 425 g/mol. The fraction of sp³-hybridized carbons (Fsp3) is 0.125. The fourth-order valence-corrected chi connectivity index (χ4v) is 5.14. The van der Waals surface area contributed by atoms with E-state index in [9.17, 15) is 21.6 Å². The van der Waals surface area contributed by atoms with Crippen LogP contribution in [0.25, 0.3) is 10.2 Å². The second kappa shape index (κ2) is 6.91. The summed E-state index contributed by atoms with van der Waals surface area (Å²) in [6.45, 7) is 1.36. The minimum absolute atomic E-state index is 0.00711. The molecule has 11 heteroatoms. The van der Waals surface area contributed by atoms with Gasteiger partial charge in [0.25, 0.3) is 10.0 Å². The summed E-state index contributed by atoms with van der Waals surface area (Å²) in [5.41, 5.74) is 0.973. The Balaban J connectivity index is 1.88. The Hall–Kier alpha value is -2.50. The van der Waals surface area contributed by atoms with Crippen LogP contribution in [-0.2, 0) is 24.7 Å². The Kier molecular flexibility index (Phi) is 4.93. The van der Waals surface area contributed by atoms with Gasteiger partial charge in [-0.2, -0.15) is 0 Å². The second-order valence-corrected chi connectivity index (χ2v) is 10.5. The predicted octanol–water partition coefficient (Wildman–Crippen LogP) is 2.46. The lowest BCUT2D eigenvalue weighted by atomic mass is 10.3. The number of thiazole rings is 1. The molecular formula is C16H15N3O5S3. The number of carbonyl (C=O) groups is 1. The lowest BCUT2D eigenvalue weighted by Crippen LogP contribution is -2.13. The summed E-state index contributed by atoms with van der Waals surface area (Å²) in [6.07, 6.45) is 1.10. The van der Waals surface area contributed by atoms with Crippen molar-refractivity contribution in [3.05, 3.63) is 42.5 Å². The minimum atomic E-state index is -3.88. The maximum absolute atomic E-state index is 12.5. The third-order valence-electron chi connectivity index (χ3n) is 3.49. The average Bonchev–Trinajstić information content (AvgIpc) is 2.94. The molecule has 2 aromatic carbocycles. The molecule has 1 amide bonds. The van der Waals surface area contributed by atoms with Gasteiger partial charge in [-0.05, 0) is 42.5 Å². The first-order chi connectivity index (χ1) is 12.5. The number of nitrogens with zero attached hydrogens (tertiary/aromatic N) is 1. The molecule has 8 nitrogen and oxygen atoms in total. The molecule has 2 N–H and O–H groups in total. The Morgan fingerprint density at radius 1 is 1.00 bits per heavy atom. The van der Waals surface area contributed by atoms with Crippen molar-refractivity contribution in [1.82, 2.24) is 4.98 Å². The molecule has 0 bridgehead atoms. The largest absolute Gasteiger partial charge is 0.326 e. The van der Waals surface area contributed by atoms with Crippen LogP contribution >= 0.6 is 11.3 Å². The first-order valence-corrected chi connectivity index (χ1v) is 11.7. The third-order valence-corrected chi connectivity index (χ3v) is 7.02. The number of aromatic nitrogens is 1. The van der Waals surface area contributed by atoms with Gasteiger partial charge in [-0.25, -0.2) is 21.8 Å². The van der Waals surface area contributed by atoms with Gasteiger partial charge in [0.15, 0.2) is 15.0 Å². The van der Waals surface area contributed by atoms with Crippen LogP contribution in [0.5, 0.6) is 0 Å². The van der Waals surface area contributed by atoms with Gasteiger partial charge in [-0.3, -0.25) is 9.52 Å². The zero-order valence-electron chi connectivity index (χ0n) is 14.3. The number of sulfonamides is 1. The van der Waals surface area contributed by atoms with Crippen LogP contribution in [0.3, 0.4) is 0 Å². The van der Waals surface area contributed by atoms with E-state index in [0.29, 0.717) is 15.9 Å². The highest BCUT2D eigenvalue weighted by Gasteiger charge is 2.17. The van der Waals surface area contributed by atoms with E-state index >= 15 is 0 Å². The van der Waals surface area contributed by atoms with Gasteiger partial charge in [0, 0.05) is 18.9 Å². The zero-order chi connectivity index (χ0) is 19.8. The highest BCUT2D eigenvalue weighted by Crippen LogP contribution is 2.29. The topological polar surface area (TPSA) is 122 Å². The van der Waals surface area contributed by atoms with E-state index in [4.69, 9.17) is 0 Å². The van der Waals surface area contributed by atoms with Crippen LogP contribution in [0, 0.1) is 0 Å². The molecule has 27 heavy (non-hydrogen) atoms. The lowest BCUT2D eigenvalue weighted by Gasteiger charge is -2.06. The zero-order valence-corrected chi connectivity index (χ0v) is 16.7. The highest BCUT2D eigenvalue weighted by molar-refractivity contribution is 7.93. The highest BCUT2D eigenvalue weighted by atomic mass is 32.2. The maximum atomic E-state index is 12.5. The quantitative estimate of drug-likeness (QED) is 0.647. The SMILES string of the molecule is CC(=O)Nc1ccc(S(=O)(=O)Nc2nc3ccc(S(C)(=O)=O)cc3s2)cc1. The van der Waals surface area contributed by atoms with Crippen LogP contribution in [-0.4, -0.2) is 34.0 Å². The number of fused-ring (bicyclic) bond motifs is 1. The second-order valence-electron chi connectivity index (χ2n) is 5.73. The summed E-state index contributed by atoms with van der Waals surface area (Å²) in [5, 5.41) is 2.68. The van der Waals surface area contributed by atoms with Crippen molar-refractivity contribution in [2.24, 2.45) is 0 Å². The molecule has 0 spiro atoms. The van der Waals surface area contributed by atoms with Crippen molar-refractivity contribution in [3.63, 3.8) is 0 Å². The summed E-state index contributed by atoms with van der Waals surface area (Å²) in [5.74, 6) is -0.258. The number of amides is 1. The Labute approximate surface area is 160 Å². The molecule has 0 saturated carbocycles. The van der Waals surface area contributed by atoms with Crippen LogP contribution in [0.1, 0.15) is 6.92 Å². The summed E-state index contributed by atoms with van der Waals surface area (Å²) in [7, 11) is -7.24. The van der Waals surface area contributed by atoms with Crippen molar-refractivity contribution < 1.29 is 21.6 Å². The van der Waals surface area contributed by atoms with Crippen LogP contribution in [0.15, 0.2) is 52.3 Å². The molecule has 0 fully saturated rings. The van der Waals surface area contributed by atoms with E-state index in [1.54, 1.807) is 0 Å². The van der Waals surface area contributed by atoms with Crippen LogP contribution in [0.2, 0.25) is 0 Å². The van der Waals surface area contributed by atoms with Gasteiger partial charge in [0.1, 0.15) is 0 Å². The lowest BCUT2D eigenvalue weighted by molar-refractivity contribution is -0.114. The normalized spacial score (nSPS) is 12.1. The van der Waals surface area contributed by atoms with Crippen LogP contribution in [0.4, 0.5) is 10.8 Å². The van der Waals surface area contributed by atoms with Crippen molar-refractivity contribution >= 4 is 58.1 Å². The van der Waals surface area contributed by atoms with Gasteiger partial charge in [-0.15, -0.1) is 0 Å². The number of rotatable bonds is 5. The first-order valence-electron chi connectivity index (χ1n) is 7.56. The Bertz CT molecular complexity index is 1230. The molecule has 0 aliphatic rings. The van der Waals surface area contributed by atoms with Crippen LogP contribution < -0.4 is 10.0 Å². The van der Waals surface area contributed by atoms with Gasteiger partial charge >= 0.3 is 0 Å². The molecule has 0 aliphatic heterocycles. The predicted molar refractivity (Wildman–Crippen MR) is 104 cm³/mol. The van der Waals surface area contributed by atoms with Crippen molar-refractivity contribution in [1.29, 1.82) is 0 Å².